The minimum Gasteiger partial charge on any atom is -0.444 e. The Hall–Kier alpha value is -2.30. The average Bonchev–Trinajstić information content (AvgIpc) is 3.27. The molecule has 8 nitrogen and oxygen atoms in total. The van der Waals surface area contributed by atoms with E-state index in [1.54, 1.807) is 17.2 Å². The summed E-state index contributed by atoms with van der Waals surface area (Å²) in [6.45, 7) is 10.9. The van der Waals surface area contributed by atoms with Crippen molar-refractivity contribution in [1.29, 1.82) is 0 Å². The number of aryl methyl sites for hydroxylation is 1. The molecule has 0 N–H and O–H groups in total. The lowest BCUT2D eigenvalue weighted by Gasteiger charge is -2.40. The number of carbonyl (C=O) groups excluding carboxylic acids is 1. The van der Waals surface area contributed by atoms with E-state index in [2.05, 4.69) is 37.1 Å². The molecule has 12 heteroatoms. The number of fused-ring (bicyclic) bond motifs is 2. The Morgan fingerprint density at radius 3 is 2.68 bits per heavy atom. The third-order valence-corrected chi connectivity index (χ3v) is 8.79. The van der Waals surface area contributed by atoms with Crippen molar-refractivity contribution in [3.8, 4) is 11.1 Å². The second-order valence-corrected chi connectivity index (χ2v) is 12.9. The molecule has 2 aromatic heterocycles. The first kappa shape index (κ1) is 27.3. The molecule has 0 radical (unpaired) electrons. The molecule has 3 heterocycles. The van der Waals surface area contributed by atoms with E-state index in [1.807, 2.05) is 56.1 Å². The van der Waals surface area contributed by atoms with Crippen LogP contribution in [0, 0.1) is 12.7 Å². The zero-order valence-corrected chi connectivity index (χ0v) is 25.6. The van der Waals surface area contributed by atoms with Crippen LogP contribution in [0.5, 0.6) is 0 Å². The number of benzene rings is 2. The molecule has 1 aliphatic rings. The number of nitrogens with zero attached hydrogens (tertiary/aromatic N) is 6. The predicted octanol–water partition coefficient (Wildman–Crippen LogP) is 6.98. The van der Waals surface area contributed by atoms with Gasteiger partial charge in [-0.3, -0.25) is 0 Å². The second-order valence-electron chi connectivity index (χ2n) is 10.4. The Morgan fingerprint density at radius 2 is 2.00 bits per heavy atom. The largest absolute Gasteiger partial charge is 0.444 e. The van der Waals surface area contributed by atoms with E-state index in [4.69, 9.17) is 16.3 Å². The lowest BCUT2D eigenvalue weighted by molar-refractivity contribution is 0.0159. The van der Waals surface area contributed by atoms with Crippen LogP contribution in [0.3, 0.4) is 0 Å². The molecule has 0 bridgehead atoms. The average molecular weight is 669 g/mol. The van der Waals surface area contributed by atoms with Crippen LogP contribution >= 0.6 is 40.0 Å². The highest BCUT2D eigenvalue weighted by atomic mass is 127. The highest BCUT2D eigenvalue weighted by Gasteiger charge is 2.32. The van der Waals surface area contributed by atoms with Gasteiger partial charge in [-0.1, -0.05) is 23.7 Å². The van der Waals surface area contributed by atoms with Gasteiger partial charge in [0.15, 0.2) is 5.82 Å². The van der Waals surface area contributed by atoms with Crippen molar-refractivity contribution in [2.75, 3.05) is 24.5 Å². The smallest absolute Gasteiger partial charge is 0.410 e. The lowest BCUT2D eigenvalue weighted by atomic mass is 9.96. The third-order valence-electron chi connectivity index (χ3n) is 6.63. The molecule has 0 aliphatic carbocycles. The van der Waals surface area contributed by atoms with Gasteiger partial charge in [-0.05, 0) is 68.3 Å². The van der Waals surface area contributed by atoms with Crippen molar-refractivity contribution in [3.05, 3.63) is 47.1 Å². The van der Waals surface area contributed by atoms with Crippen LogP contribution in [-0.4, -0.2) is 61.8 Å². The minimum atomic E-state index is -0.569. The van der Waals surface area contributed by atoms with E-state index in [0.29, 0.717) is 48.3 Å². The van der Waals surface area contributed by atoms with Gasteiger partial charge in [0.1, 0.15) is 23.3 Å². The van der Waals surface area contributed by atoms with E-state index in [-0.39, 0.29) is 22.7 Å². The van der Waals surface area contributed by atoms with Crippen LogP contribution in [0.2, 0.25) is 5.02 Å². The summed E-state index contributed by atoms with van der Waals surface area (Å²) in [6, 6.07) is 5.56. The van der Waals surface area contributed by atoms with Crippen LogP contribution in [0.4, 0.5) is 15.0 Å². The lowest BCUT2D eigenvalue weighted by Crippen LogP contribution is -2.55. The maximum atomic E-state index is 16.3. The van der Waals surface area contributed by atoms with Gasteiger partial charge in [0.05, 0.1) is 23.1 Å². The van der Waals surface area contributed by atoms with Crippen LogP contribution in [0.15, 0.2) is 30.7 Å². The molecule has 200 valence electrons. The van der Waals surface area contributed by atoms with E-state index >= 15 is 4.39 Å². The first-order valence-corrected chi connectivity index (χ1v) is 16.7. The van der Waals surface area contributed by atoms with Crippen molar-refractivity contribution in [1.82, 2.24) is 24.4 Å². The SMILES string of the molecule is Cc1ccc2cnn(PI)c2c1-c1c(Cl)cc2c(N3CCN(C(=O)OC(C)(C)C)C(C)C3)ncnc2c1F. The zero-order valence-electron chi connectivity index (χ0n) is 21.7. The summed E-state index contributed by atoms with van der Waals surface area (Å²) in [4.78, 5) is 25.3. The number of piperazine rings is 1. The Morgan fingerprint density at radius 1 is 1.24 bits per heavy atom. The van der Waals surface area contributed by atoms with Gasteiger partial charge in [0.2, 0.25) is 0 Å². The standard InChI is InChI=1S/C26H28ClFIN6O2P/c1-14-6-7-16-11-32-35(38-29)23(16)19(14)20-18(27)10-17-22(21(20)28)30-13-31-24(17)33-8-9-34(15(2)12-33)25(36)37-26(3,4)5/h6-7,10-11,13,15,38H,8-9,12H2,1-5H3. The molecule has 5 rings (SSSR count). The topological polar surface area (TPSA) is 76.4 Å². The zero-order chi connectivity index (χ0) is 27.4. The number of anilines is 1. The molecule has 1 aliphatic heterocycles. The molecule has 1 fully saturated rings. The van der Waals surface area contributed by atoms with Crippen LogP contribution < -0.4 is 4.90 Å². The van der Waals surface area contributed by atoms with E-state index in [1.165, 1.54) is 6.33 Å². The number of aromatic nitrogens is 4. The predicted molar refractivity (Wildman–Crippen MR) is 160 cm³/mol. The number of halogens is 3. The summed E-state index contributed by atoms with van der Waals surface area (Å²) >= 11 is 9.09. The fourth-order valence-corrected chi connectivity index (χ4v) is 6.75. The molecule has 1 amide bonds. The molecule has 0 spiro atoms. The van der Waals surface area contributed by atoms with E-state index in [0.717, 1.165) is 16.5 Å². The minimum absolute atomic E-state index is 0.127. The quantitative estimate of drug-likeness (QED) is 0.173. The van der Waals surface area contributed by atoms with Gasteiger partial charge in [0.25, 0.3) is 0 Å². The Bertz CT molecular complexity index is 1560. The van der Waals surface area contributed by atoms with Crippen LogP contribution in [0.25, 0.3) is 32.9 Å². The van der Waals surface area contributed by atoms with Gasteiger partial charge in [-0.25, -0.2) is 23.6 Å². The normalized spacial score (nSPS) is 16.8. The van der Waals surface area contributed by atoms with Gasteiger partial charge in [-0.15, -0.1) is 0 Å². The number of carbonyl (C=O) groups is 1. The first-order valence-electron chi connectivity index (χ1n) is 12.2. The van der Waals surface area contributed by atoms with Crippen molar-refractivity contribution < 1.29 is 13.9 Å². The maximum absolute atomic E-state index is 16.3. The van der Waals surface area contributed by atoms with E-state index in [9.17, 15) is 4.79 Å². The molecule has 2 aromatic carbocycles. The van der Waals surface area contributed by atoms with Crippen LogP contribution in [-0.2, 0) is 4.74 Å². The number of ether oxygens (including phenoxy) is 1. The molecule has 4 aromatic rings. The van der Waals surface area contributed by atoms with Crippen molar-refractivity contribution >= 4 is 73.7 Å². The van der Waals surface area contributed by atoms with Crippen molar-refractivity contribution in [3.63, 3.8) is 0 Å². The summed E-state index contributed by atoms with van der Waals surface area (Å²) < 4.78 is 23.8. The fraction of sp³-hybridized carbons (Fsp3) is 0.385. The monoisotopic (exact) mass is 668 g/mol. The maximum Gasteiger partial charge on any atom is 0.410 e. The Labute approximate surface area is 240 Å². The van der Waals surface area contributed by atoms with Crippen molar-refractivity contribution in [2.24, 2.45) is 0 Å². The Balaban J connectivity index is 1.56. The number of amides is 1. The van der Waals surface area contributed by atoms with Gasteiger partial charge in [-0.2, -0.15) is 5.10 Å². The van der Waals surface area contributed by atoms with E-state index < -0.39 is 11.4 Å². The molecule has 2 unspecified atom stereocenters. The summed E-state index contributed by atoms with van der Waals surface area (Å²) in [6.07, 6.45) is 3.18. The molecular weight excluding hydrogens is 641 g/mol. The van der Waals surface area contributed by atoms with Gasteiger partial charge < -0.3 is 14.5 Å². The number of hydrogen-bond donors (Lipinski definition) is 0. The second kappa shape index (κ2) is 10.4. The Kier molecular flexibility index (Phi) is 7.43. The molecule has 38 heavy (non-hydrogen) atoms. The van der Waals surface area contributed by atoms with Gasteiger partial charge in [0, 0.05) is 47.6 Å². The highest BCUT2D eigenvalue weighted by Crippen LogP contribution is 2.43. The first-order chi connectivity index (χ1) is 18.0. The summed E-state index contributed by atoms with van der Waals surface area (Å²) in [5.41, 5.74) is 2.41. The van der Waals surface area contributed by atoms with Crippen LogP contribution in [0.1, 0.15) is 33.3 Å². The summed E-state index contributed by atoms with van der Waals surface area (Å²) in [5.74, 6) is 0.100. The molecular formula is C26H28ClFIN6O2P. The number of rotatable bonds is 3. The third kappa shape index (κ3) is 4.91. The van der Waals surface area contributed by atoms with Crippen molar-refractivity contribution in [2.45, 2.75) is 46.3 Å². The highest BCUT2D eigenvalue weighted by molar-refractivity contribution is 14.2. The summed E-state index contributed by atoms with van der Waals surface area (Å²) in [7, 11) is 0. The molecule has 0 saturated carbocycles. The number of hydrogen-bond acceptors (Lipinski definition) is 6. The molecule has 1 saturated heterocycles. The summed E-state index contributed by atoms with van der Waals surface area (Å²) in [5, 5.41) is 6.21. The molecule has 2 atom stereocenters. The fourth-order valence-electron chi connectivity index (χ4n) is 4.94. The van der Waals surface area contributed by atoms with Gasteiger partial charge >= 0.3 is 6.09 Å².